The van der Waals surface area contributed by atoms with Gasteiger partial charge in [0.15, 0.2) is 0 Å². The number of ether oxygens (including phenoxy) is 5. The van der Waals surface area contributed by atoms with Crippen LogP contribution >= 0.6 is 0 Å². The maximum atomic E-state index is 13.4. The Balaban J connectivity index is 1.67. The van der Waals surface area contributed by atoms with Gasteiger partial charge in [0.2, 0.25) is 0 Å². The van der Waals surface area contributed by atoms with E-state index in [2.05, 4.69) is 13.2 Å². The molecule has 0 spiro atoms. The molecule has 1 fully saturated rings. The zero-order valence-electron chi connectivity index (χ0n) is 21.6. The molecule has 1 heterocycles. The largest absolute Gasteiger partial charge is 0.457 e. The molecule has 6 rings (SSSR count). The van der Waals surface area contributed by atoms with Crippen molar-refractivity contribution in [3.8, 4) is 0 Å². The van der Waals surface area contributed by atoms with Crippen molar-refractivity contribution >= 4 is 23.9 Å². The highest BCUT2D eigenvalue weighted by Crippen LogP contribution is 2.67. The first-order valence-electron chi connectivity index (χ1n) is 12.6. The van der Waals surface area contributed by atoms with Crippen molar-refractivity contribution in [2.75, 3.05) is 13.2 Å². The van der Waals surface area contributed by atoms with E-state index in [9.17, 15) is 19.2 Å². The molecular weight excluding hydrogens is 504 g/mol. The molecule has 202 valence electrons. The molecule has 9 heteroatoms. The minimum absolute atomic E-state index is 0.0741. The SMILES string of the molecule is C=CC(=O)OC(C)COC12c3ccccc3C(OCC(C)OC(=O)C=C)(c3ccccc31)C1C(=O)OC(=O)C12. The molecule has 3 aliphatic carbocycles. The number of hydrogen-bond acceptors (Lipinski definition) is 9. The lowest BCUT2D eigenvalue weighted by Crippen LogP contribution is -2.63. The molecule has 1 aliphatic heterocycles. The summed E-state index contributed by atoms with van der Waals surface area (Å²) in [6.45, 7) is 10.0. The Morgan fingerprint density at radius 2 is 1.10 bits per heavy atom. The number of rotatable bonds is 10. The lowest BCUT2D eigenvalue weighted by molar-refractivity contribution is -0.191. The fourth-order valence-corrected chi connectivity index (χ4v) is 6.07. The Labute approximate surface area is 225 Å². The van der Waals surface area contributed by atoms with Gasteiger partial charge in [0.05, 0.1) is 13.2 Å². The minimum atomic E-state index is -1.41. The molecule has 0 amide bonds. The lowest BCUT2D eigenvalue weighted by Gasteiger charge is -2.58. The van der Waals surface area contributed by atoms with Crippen LogP contribution in [0.1, 0.15) is 36.1 Å². The normalized spacial score (nSPS) is 27.3. The van der Waals surface area contributed by atoms with E-state index in [4.69, 9.17) is 23.7 Å². The standard InChI is InChI=1S/C30H28O9/c1-5-23(31)37-17(3)15-35-29-19-11-7-9-13-21(19)30(22-14-10-8-12-20(22)29,26-25(29)27(33)39-28(26)34)36-16-18(4)38-24(32)6-2/h5-14,17-18,25-26H,1-2,15-16H2,3-4H3. The van der Waals surface area contributed by atoms with Gasteiger partial charge < -0.3 is 23.7 Å². The van der Waals surface area contributed by atoms with E-state index in [1.165, 1.54) is 0 Å². The van der Waals surface area contributed by atoms with Crippen molar-refractivity contribution in [3.63, 3.8) is 0 Å². The van der Waals surface area contributed by atoms with Gasteiger partial charge in [-0.25, -0.2) is 9.59 Å². The third-order valence-electron chi connectivity index (χ3n) is 7.43. The maximum Gasteiger partial charge on any atom is 0.330 e. The molecule has 9 nitrogen and oxygen atoms in total. The molecule has 1 saturated heterocycles. The molecule has 0 N–H and O–H groups in total. The van der Waals surface area contributed by atoms with Crippen molar-refractivity contribution in [1.29, 1.82) is 0 Å². The molecule has 4 unspecified atom stereocenters. The number of hydrogen-bond donors (Lipinski definition) is 0. The summed E-state index contributed by atoms with van der Waals surface area (Å²) >= 11 is 0. The van der Waals surface area contributed by atoms with Crippen molar-refractivity contribution < 1.29 is 42.9 Å². The third kappa shape index (κ3) is 3.92. The number of carbonyl (C=O) groups is 4. The Hall–Kier alpha value is -4.08. The summed E-state index contributed by atoms with van der Waals surface area (Å²) < 4.78 is 29.1. The van der Waals surface area contributed by atoms with E-state index in [1.54, 1.807) is 13.8 Å². The Bertz CT molecular complexity index is 1230. The number of carbonyl (C=O) groups excluding carboxylic acids is 4. The molecule has 2 aromatic carbocycles. The van der Waals surface area contributed by atoms with Gasteiger partial charge in [0.25, 0.3) is 0 Å². The first-order chi connectivity index (χ1) is 18.7. The fourth-order valence-electron chi connectivity index (χ4n) is 6.07. The maximum absolute atomic E-state index is 13.4. The van der Waals surface area contributed by atoms with Gasteiger partial charge in [-0.3, -0.25) is 9.59 Å². The molecule has 4 atom stereocenters. The summed E-state index contributed by atoms with van der Waals surface area (Å²) in [5.74, 6) is -4.84. The second-order valence-corrected chi connectivity index (χ2v) is 9.78. The van der Waals surface area contributed by atoms with Crippen molar-refractivity contribution in [2.45, 2.75) is 37.3 Å². The zero-order chi connectivity index (χ0) is 27.9. The molecular formula is C30H28O9. The summed E-state index contributed by atoms with van der Waals surface area (Å²) in [7, 11) is 0. The van der Waals surface area contributed by atoms with Crippen LogP contribution in [0.25, 0.3) is 0 Å². The highest BCUT2D eigenvalue weighted by molar-refractivity contribution is 6.01. The van der Waals surface area contributed by atoms with Gasteiger partial charge in [-0.1, -0.05) is 61.7 Å². The quantitative estimate of drug-likeness (QED) is 0.197. The number of cyclic esters (lactones) is 2. The smallest absolute Gasteiger partial charge is 0.330 e. The minimum Gasteiger partial charge on any atom is -0.457 e. The van der Waals surface area contributed by atoms with Crippen LogP contribution in [-0.2, 0) is 54.1 Å². The second kappa shape index (κ2) is 9.91. The van der Waals surface area contributed by atoms with E-state index in [1.807, 2.05) is 48.5 Å². The fraction of sp³-hybridized carbons (Fsp3) is 0.333. The molecule has 0 saturated carbocycles. The van der Waals surface area contributed by atoms with Gasteiger partial charge in [0, 0.05) is 12.2 Å². The number of esters is 4. The van der Waals surface area contributed by atoms with E-state index in [0.717, 1.165) is 12.2 Å². The van der Waals surface area contributed by atoms with Gasteiger partial charge in [-0.2, -0.15) is 0 Å². The van der Waals surface area contributed by atoms with E-state index in [-0.39, 0.29) is 13.2 Å². The first kappa shape index (κ1) is 26.5. The van der Waals surface area contributed by atoms with Crippen LogP contribution in [0.4, 0.5) is 0 Å². The van der Waals surface area contributed by atoms with Crippen molar-refractivity contribution in [2.24, 2.45) is 11.8 Å². The van der Waals surface area contributed by atoms with Gasteiger partial charge >= 0.3 is 23.9 Å². The molecule has 0 aromatic heterocycles. The van der Waals surface area contributed by atoms with Crippen LogP contribution in [0, 0.1) is 11.8 Å². The topological polar surface area (TPSA) is 114 Å². The molecule has 2 bridgehead atoms. The highest BCUT2D eigenvalue weighted by Gasteiger charge is 2.75. The zero-order valence-corrected chi connectivity index (χ0v) is 21.6. The Kier molecular flexibility index (Phi) is 6.74. The Morgan fingerprint density at radius 3 is 1.41 bits per heavy atom. The van der Waals surface area contributed by atoms with E-state index in [0.29, 0.717) is 22.3 Å². The summed E-state index contributed by atoms with van der Waals surface area (Å²) in [5, 5.41) is 0. The van der Waals surface area contributed by atoms with Gasteiger partial charge in [-0.15, -0.1) is 0 Å². The molecule has 4 aliphatic rings. The first-order valence-corrected chi connectivity index (χ1v) is 12.6. The van der Waals surface area contributed by atoms with E-state index >= 15 is 0 Å². The predicted octanol–water partition coefficient (Wildman–Crippen LogP) is 3.09. The lowest BCUT2D eigenvalue weighted by atomic mass is 9.50. The summed E-state index contributed by atoms with van der Waals surface area (Å²) in [4.78, 5) is 50.4. The molecule has 39 heavy (non-hydrogen) atoms. The molecule has 0 radical (unpaired) electrons. The molecule has 2 aromatic rings. The van der Waals surface area contributed by atoms with Crippen molar-refractivity contribution in [3.05, 3.63) is 96.1 Å². The average molecular weight is 533 g/mol. The van der Waals surface area contributed by atoms with Crippen LogP contribution in [0.5, 0.6) is 0 Å². The summed E-state index contributed by atoms with van der Waals surface area (Å²) in [6.07, 6.45) is 0.757. The second-order valence-electron chi connectivity index (χ2n) is 9.78. The van der Waals surface area contributed by atoms with Crippen LogP contribution in [0.15, 0.2) is 73.8 Å². The van der Waals surface area contributed by atoms with Crippen LogP contribution < -0.4 is 0 Å². The van der Waals surface area contributed by atoms with Crippen LogP contribution in [0.2, 0.25) is 0 Å². The summed E-state index contributed by atoms with van der Waals surface area (Å²) in [6, 6.07) is 14.6. The van der Waals surface area contributed by atoms with Crippen molar-refractivity contribution in [1.82, 2.24) is 0 Å². The van der Waals surface area contributed by atoms with E-state index < -0.39 is 59.1 Å². The Morgan fingerprint density at radius 1 is 0.769 bits per heavy atom. The number of benzene rings is 2. The van der Waals surface area contributed by atoms with Gasteiger partial charge in [-0.05, 0) is 36.1 Å². The highest BCUT2D eigenvalue weighted by atomic mass is 16.6. The third-order valence-corrected chi connectivity index (χ3v) is 7.43. The monoisotopic (exact) mass is 532 g/mol. The summed E-state index contributed by atoms with van der Waals surface area (Å²) in [5.41, 5.74) is -0.294. The average Bonchev–Trinajstić information content (AvgIpc) is 3.26. The predicted molar refractivity (Wildman–Crippen MR) is 136 cm³/mol. The van der Waals surface area contributed by atoms with Gasteiger partial charge in [0.1, 0.15) is 35.2 Å². The van der Waals surface area contributed by atoms with Crippen LogP contribution in [-0.4, -0.2) is 49.3 Å². The van der Waals surface area contributed by atoms with Crippen LogP contribution in [0.3, 0.4) is 0 Å².